The number of halogens is 6. The minimum absolute atomic E-state index is 0.0166. The van der Waals surface area contributed by atoms with E-state index in [0.717, 1.165) is 18.6 Å². The summed E-state index contributed by atoms with van der Waals surface area (Å²) in [7, 11) is 0. The van der Waals surface area contributed by atoms with Gasteiger partial charge in [0.1, 0.15) is 11.3 Å². The number of amides is 1. The van der Waals surface area contributed by atoms with Gasteiger partial charge in [0.2, 0.25) is 0 Å². The Bertz CT molecular complexity index is 1280. The summed E-state index contributed by atoms with van der Waals surface area (Å²) in [4.78, 5) is 13.2. The fourth-order valence-electron chi connectivity index (χ4n) is 3.89. The second-order valence-electron chi connectivity index (χ2n) is 8.29. The Balaban J connectivity index is 1.62. The second-order valence-corrected chi connectivity index (χ2v) is 9.13. The van der Waals surface area contributed by atoms with Gasteiger partial charge in [-0.15, -0.1) is 5.10 Å². The molecule has 0 radical (unpaired) electrons. The maximum Gasteiger partial charge on any atom is 0.416 e. The lowest BCUT2D eigenvalue weighted by molar-refractivity contribution is -0.137. The number of hydrogen-bond acceptors (Lipinski definition) is 4. The summed E-state index contributed by atoms with van der Waals surface area (Å²) in [6, 6.07) is 8.53. The molecule has 2 aromatic carbocycles. The molecule has 1 atom stereocenters. The fourth-order valence-corrected chi connectivity index (χ4v) is 4.49. The zero-order chi connectivity index (χ0) is 25.4. The molecule has 0 saturated carbocycles. The molecular formula is C24H19Cl2F4N3O2. The molecular weight excluding hydrogens is 509 g/mol. The summed E-state index contributed by atoms with van der Waals surface area (Å²) in [5, 5.41) is 11.0. The summed E-state index contributed by atoms with van der Waals surface area (Å²) >= 11 is 12.0. The lowest BCUT2D eigenvalue weighted by atomic mass is 9.97. The lowest BCUT2D eigenvalue weighted by Gasteiger charge is -2.23. The van der Waals surface area contributed by atoms with Crippen molar-refractivity contribution in [1.82, 2.24) is 15.5 Å². The molecule has 184 valence electrons. The first kappa shape index (κ1) is 25.2. The van der Waals surface area contributed by atoms with Crippen LogP contribution in [0.3, 0.4) is 0 Å². The van der Waals surface area contributed by atoms with Gasteiger partial charge >= 0.3 is 6.18 Å². The maximum absolute atomic E-state index is 15.5. The Kier molecular flexibility index (Phi) is 6.92. The van der Waals surface area contributed by atoms with Crippen LogP contribution in [-0.2, 0) is 24.7 Å². The van der Waals surface area contributed by atoms with Crippen molar-refractivity contribution in [3.05, 3.63) is 80.5 Å². The average molecular weight is 528 g/mol. The van der Waals surface area contributed by atoms with Gasteiger partial charge in [-0.25, -0.2) is 4.39 Å². The Morgan fingerprint density at radius 2 is 1.86 bits per heavy atom. The number of nitrogens with zero attached hydrogens (tertiary/aromatic N) is 2. The maximum atomic E-state index is 15.5. The number of benzene rings is 2. The van der Waals surface area contributed by atoms with Crippen molar-refractivity contribution in [1.29, 1.82) is 0 Å². The highest BCUT2D eigenvalue weighted by Gasteiger charge is 2.33. The molecule has 1 amide bonds. The molecule has 5 nitrogen and oxygen atoms in total. The largest absolute Gasteiger partial charge is 0.437 e. The van der Waals surface area contributed by atoms with Gasteiger partial charge in [0.05, 0.1) is 17.8 Å². The fraction of sp³-hybridized carbons (Fsp3) is 0.292. The number of aromatic nitrogens is 2. The van der Waals surface area contributed by atoms with Crippen LogP contribution < -0.4 is 10.1 Å². The predicted molar refractivity (Wildman–Crippen MR) is 123 cm³/mol. The van der Waals surface area contributed by atoms with Gasteiger partial charge in [-0.3, -0.25) is 4.79 Å². The van der Waals surface area contributed by atoms with Crippen LogP contribution in [0.15, 0.2) is 42.5 Å². The van der Waals surface area contributed by atoms with E-state index in [1.54, 1.807) is 0 Å². The zero-order valence-electron chi connectivity index (χ0n) is 18.3. The molecule has 1 aliphatic carbocycles. The van der Waals surface area contributed by atoms with E-state index < -0.39 is 29.9 Å². The highest BCUT2D eigenvalue weighted by atomic mass is 35.5. The van der Waals surface area contributed by atoms with E-state index >= 15 is 4.39 Å². The van der Waals surface area contributed by atoms with E-state index in [0.29, 0.717) is 29.1 Å². The lowest BCUT2D eigenvalue weighted by Crippen LogP contribution is -2.36. The Morgan fingerprint density at radius 3 is 2.57 bits per heavy atom. The van der Waals surface area contributed by atoms with Crippen molar-refractivity contribution >= 4 is 29.1 Å². The number of carbonyl (C=O) groups excluding carboxylic acids is 1. The van der Waals surface area contributed by atoms with Gasteiger partial charge in [0, 0.05) is 15.6 Å². The topological polar surface area (TPSA) is 64.1 Å². The number of carbonyl (C=O) groups is 1. The van der Waals surface area contributed by atoms with Crippen LogP contribution in [0.1, 0.15) is 46.1 Å². The molecule has 1 aromatic heterocycles. The van der Waals surface area contributed by atoms with Crippen LogP contribution in [-0.4, -0.2) is 22.6 Å². The van der Waals surface area contributed by atoms with E-state index in [1.807, 2.05) is 0 Å². The van der Waals surface area contributed by atoms with Crippen molar-refractivity contribution in [3.63, 3.8) is 0 Å². The molecule has 11 heteroatoms. The average Bonchev–Trinajstić information content (AvgIpc) is 3.25. The molecule has 1 heterocycles. The Hall–Kier alpha value is -2.91. The van der Waals surface area contributed by atoms with Crippen molar-refractivity contribution in [2.24, 2.45) is 0 Å². The smallest absolute Gasteiger partial charge is 0.416 e. The quantitative estimate of drug-likeness (QED) is 0.362. The van der Waals surface area contributed by atoms with Crippen LogP contribution >= 0.6 is 23.2 Å². The van der Waals surface area contributed by atoms with Gasteiger partial charge in [0.15, 0.2) is 5.67 Å². The minimum atomic E-state index is -4.57. The van der Waals surface area contributed by atoms with Crippen LogP contribution in [0.25, 0.3) is 0 Å². The summed E-state index contributed by atoms with van der Waals surface area (Å²) in [6.07, 6.45) is -2.76. The van der Waals surface area contributed by atoms with Gasteiger partial charge in [-0.1, -0.05) is 35.3 Å². The van der Waals surface area contributed by atoms with Crippen molar-refractivity contribution in [2.45, 2.75) is 38.0 Å². The summed E-state index contributed by atoms with van der Waals surface area (Å²) in [6.45, 7) is 0.824. The zero-order valence-corrected chi connectivity index (χ0v) is 19.9. The number of nitrogens with one attached hydrogen (secondary N) is 1. The molecule has 1 unspecified atom stereocenters. The molecule has 0 spiro atoms. The molecule has 1 N–H and O–H groups in total. The number of ether oxygens (including phenoxy) is 1. The van der Waals surface area contributed by atoms with Gasteiger partial charge < -0.3 is 10.1 Å². The molecule has 4 rings (SSSR count). The van der Waals surface area contributed by atoms with E-state index in [4.69, 9.17) is 27.9 Å². The number of rotatable bonds is 6. The van der Waals surface area contributed by atoms with Crippen molar-refractivity contribution < 1.29 is 27.1 Å². The number of aryl methyl sites for hydroxylation is 1. The molecule has 35 heavy (non-hydrogen) atoms. The first-order valence-corrected chi connectivity index (χ1v) is 11.4. The normalized spacial score (nSPS) is 14.8. The van der Waals surface area contributed by atoms with E-state index in [-0.39, 0.29) is 27.8 Å². The molecule has 0 aliphatic heterocycles. The second kappa shape index (κ2) is 9.62. The number of alkyl halides is 4. The van der Waals surface area contributed by atoms with E-state index in [2.05, 4.69) is 15.5 Å². The SMILES string of the molecule is CC(F)(CNC(=O)c1c(Oc2cccc(C(F)(F)F)c2)nnc2c1CCC2)c1ccc(Cl)cc1Cl. The van der Waals surface area contributed by atoms with Gasteiger partial charge in [-0.05, 0) is 62.1 Å². The Morgan fingerprint density at radius 1 is 1.09 bits per heavy atom. The first-order valence-electron chi connectivity index (χ1n) is 10.6. The van der Waals surface area contributed by atoms with E-state index in [9.17, 15) is 18.0 Å². The van der Waals surface area contributed by atoms with Crippen molar-refractivity contribution in [3.8, 4) is 11.6 Å². The standard InChI is InChI=1S/C24H19Cl2F4N3O2/c1-23(27,17-9-8-14(25)11-18(17)26)12-31-21(34)20-16-6-3-7-19(16)32-33-22(20)35-15-5-2-4-13(10-15)24(28,29)30/h2,4-5,8-11H,3,6-7,12H2,1H3,(H,31,34). The molecule has 0 saturated heterocycles. The summed E-state index contributed by atoms with van der Waals surface area (Å²) in [5.74, 6) is -1.11. The van der Waals surface area contributed by atoms with Crippen LogP contribution in [0, 0.1) is 0 Å². The van der Waals surface area contributed by atoms with Crippen LogP contribution in [0.2, 0.25) is 10.0 Å². The minimum Gasteiger partial charge on any atom is -0.437 e. The third-order valence-corrected chi connectivity index (χ3v) is 6.19. The molecule has 0 bridgehead atoms. The summed E-state index contributed by atoms with van der Waals surface area (Å²) < 4.78 is 60.3. The highest BCUT2D eigenvalue weighted by molar-refractivity contribution is 6.35. The highest BCUT2D eigenvalue weighted by Crippen LogP contribution is 2.36. The monoisotopic (exact) mass is 527 g/mol. The predicted octanol–water partition coefficient (Wildman–Crippen LogP) is 6.70. The van der Waals surface area contributed by atoms with Crippen molar-refractivity contribution in [2.75, 3.05) is 6.54 Å². The molecule has 1 aliphatic rings. The molecule has 3 aromatic rings. The number of fused-ring (bicyclic) bond motifs is 1. The van der Waals surface area contributed by atoms with Gasteiger partial charge in [-0.2, -0.15) is 18.3 Å². The third-order valence-electron chi connectivity index (χ3n) is 5.64. The first-order chi connectivity index (χ1) is 16.5. The van der Waals surface area contributed by atoms with Gasteiger partial charge in [0.25, 0.3) is 11.8 Å². The van der Waals surface area contributed by atoms with Crippen LogP contribution in [0.4, 0.5) is 17.6 Å². The van der Waals surface area contributed by atoms with E-state index in [1.165, 1.54) is 37.3 Å². The third kappa shape index (κ3) is 5.51. The Labute approximate surface area is 208 Å². The molecule has 0 fully saturated rings. The number of hydrogen-bond donors (Lipinski definition) is 1. The summed E-state index contributed by atoms with van der Waals surface area (Å²) in [5.41, 5.74) is -1.63. The van der Waals surface area contributed by atoms with Crippen LogP contribution in [0.5, 0.6) is 11.6 Å².